The van der Waals surface area contributed by atoms with Crippen molar-refractivity contribution in [1.29, 1.82) is 0 Å². The maximum absolute atomic E-state index is 6.00. The van der Waals surface area contributed by atoms with Crippen LogP contribution in [0.15, 0.2) is 28.7 Å². The number of furan rings is 1. The van der Waals surface area contributed by atoms with Gasteiger partial charge in [-0.05, 0) is 26.0 Å². The highest BCUT2D eigenvalue weighted by Crippen LogP contribution is 2.27. The molecule has 2 aromatic rings. The third-order valence-electron chi connectivity index (χ3n) is 4.19. The van der Waals surface area contributed by atoms with Gasteiger partial charge in [0.25, 0.3) is 0 Å². The molecule has 4 heteroatoms. The predicted octanol–water partition coefficient (Wildman–Crippen LogP) is 2.50. The summed E-state index contributed by atoms with van der Waals surface area (Å²) in [7, 11) is 2.16. The monoisotopic (exact) mass is 274 g/mol. The van der Waals surface area contributed by atoms with Gasteiger partial charge in [0.2, 0.25) is 0 Å². The van der Waals surface area contributed by atoms with E-state index in [1.54, 1.807) is 0 Å². The van der Waals surface area contributed by atoms with E-state index in [9.17, 15) is 0 Å². The first-order valence-corrected chi connectivity index (χ1v) is 7.27. The van der Waals surface area contributed by atoms with Gasteiger partial charge < -0.3 is 14.9 Å². The fourth-order valence-electron chi connectivity index (χ4n) is 2.98. The van der Waals surface area contributed by atoms with E-state index >= 15 is 0 Å². The first-order chi connectivity index (χ1) is 9.79. The van der Waals surface area contributed by atoms with E-state index in [0.29, 0.717) is 12.6 Å². The van der Waals surface area contributed by atoms with Crippen LogP contribution >= 0.6 is 0 Å². The smallest absolute Gasteiger partial charge is 0.134 e. The van der Waals surface area contributed by atoms with Gasteiger partial charge in [-0.25, -0.2) is 0 Å². The maximum atomic E-state index is 6.00. The van der Waals surface area contributed by atoms with Crippen molar-refractivity contribution in [2.24, 2.45) is 5.73 Å². The molecule has 0 bridgehead atoms. The molecule has 0 unspecified atom stereocenters. The summed E-state index contributed by atoms with van der Waals surface area (Å²) < 4.78 is 11.4. The Bertz CT molecular complexity index is 573. The molecule has 2 heterocycles. The third kappa shape index (κ3) is 2.59. The Labute approximate surface area is 119 Å². The molecule has 2 N–H and O–H groups in total. The fraction of sp³-hybridized carbons (Fsp3) is 0.500. The number of rotatable bonds is 4. The van der Waals surface area contributed by atoms with E-state index in [1.807, 2.05) is 18.2 Å². The molecule has 20 heavy (non-hydrogen) atoms. The highest BCUT2D eigenvalue weighted by Gasteiger charge is 2.21. The van der Waals surface area contributed by atoms with Crippen molar-refractivity contribution in [3.05, 3.63) is 35.6 Å². The van der Waals surface area contributed by atoms with Gasteiger partial charge >= 0.3 is 0 Å². The SMILES string of the molecule is CN(Cc1oc2ccccc2c1CN)C1CCOCC1. The van der Waals surface area contributed by atoms with E-state index in [1.165, 1.54) is 0 Å². The highest BCUT2D eigenvalue weighted by atomic mass is 16.5. The minimum atomic E-state index is 0.522. The van der Waals surface area contributed by atoms with Crippen LogP contribution in [0.3, 0.4) is 0 Å². The van der Waals surface area contributed by atoms with Crippen molar-refractivity contribution in [3.63, 3.8) is 0 Å². The lowest BCUT2D eigenvalue weighted by Crippen LogP contribution is -2.36. The summed E-state index contributed by atoms with van der Waals surface area (Å²) in [4.78, 5) is 2.36. The van der Waals surface area contributed by atoms with Gasteiger partial charge in [0.05, 0.1) is 6.54 Å². The first kappa shape index (κ1) is 13.6. The van der Waals surface area contributed by atoms with Crippen LogP contribution in [0.25, 0.3) is 11.0 Å². The van der Waals surface area contributed by atoms with Crippen molar-refractivity contribution in [2.75, 3.05) is 20.3 Å². The summed E-state index contributed by atoms with van der Waals surface area (Å²) in [6.45, 7) is 3.05. The van der Waals surface area contributed by atoms with Crippen LogP contribution in [-0.2, 0) is 17.8 Å². The molecule has 1 aromatic heterocycles. The molecule has 1 aromatic carbocycles. The van der Waals surface area contributed by atoms with E-state index in [2.05, 4.69) is 18.0 Å². The van der Waals surface area contributed by atoms with Crippen molar-refractivity contribution in [2.45, 2.75) is 32.0 Å². The minimum Gasteiger partial charge on any atom is -0.459 e. The summed E-state index contributed by atoms with van der Waals surface area (Å²) in [5, 5.41) is 1.14. The number of hydrogen-bond acceptors (Lipinski definition) is 4. The number of ether oxygens (including phenoxy) is 1. The Balaban J connectivity index is 1.82. The Morgan fingerprint density at radius 2 is 2.00 bits per heavy atom. The number of nitrogens with two attached hydrogens (primary N) is 1. The molecule has 1 aliphatic heterocycles. The van der Waals surface area contributed by atoms with Crippen molar-refractivity contribution in [1.82, 2.24) is 4.90 Å². The van der Waals surface area contributed by atoms with Crippen molar-refractivity contribution < 1.29 is 9.15 Å². The standard InChI is InChI=1S/C16H22N2O2/c1-18(12-6-8-19-9-7-12)11-16-14(10-17)13-4-2-3-5-15(13)20-16/h2-5,12H,6-11,17H2,1H3. The topological polar surface area (TPSA) is 51.6 Å². The average molecular weight is 274 g/mol. The molecular weight excluding hydrogens is 252 g/mol. The predicted molar refractivity (Wildman–Crippen MR) is 79.4 cm³/mol. The second-order valence-electron chi connectivity index (χ2n) is 5.46. The van der Waals surface area contributed by atoms with Gasteiger partial charge in [-0.1, -0.05) is 18.2 Å². The molecule has 1 fully saturated rings. The van der Waals surface area contributed by atoms with Crippen LogP contribution in [0.1, 0.15) is 24.2 Å². The van der Waals surface area contributed by atoms with Crippen molar-refractivity contribution >= 4 is 11.0 Å². The molecule has 0 radical (unpaired) electrons. The van der Waals surface area contributed by atoms with Crippen LogP contribution in [0.2, 0.25) is 0 Å². The molecule has 108 valence electrons. The summed E-state index contributed by atoms with van der Waals surface area (Å²) in [5.41, 5.74) is 7.99. The van der Waals surface area contributed by atoms with E-state index in [4.69, 9.17) is 14.9 Å². The molecule has 0 spiro atoms. The largest absolute Gasteiger partial charge is 0.459 e. The first-order valence-electron chi connectivity index (χ1n) is 7.27. The molecule has 1 aliphatic rings. The molecule has 4 nitrogen and oxygen atoms in total. The number of fused-ring (bicyclic) bond motifs is 1. The number of nitrogens with zero attached hydrogens (tertiary/aromatic N) is 1. The van der Waals surface area contributed by atoms with Gasteiger partial charge in [-0.2, -0.15) is 0 Å². The van der Waals surface area contributed by atoms with E-state index in [0.717, 1.165) is 54.9 Å². The van der Waals surface area contributed by atoms with Gasteiger partial charge in [-0.15, -0.1) is 0 Å². The molecular formula is C16H22N2O2. The molecule has 0 atom stereocenters. The van der Waals surface area contributed by atoms with E-state index < -0.39 is 0 Å². The van der Waals surface area contributed by atoms with Gasteiger partial charge in [-0.3, -0.25) is 4.90 Å². The lowest BCUT2D eigenvalue weighted by Gasteiger charge is -2.30. The lowest BCUT2D eigenvalue weighted by atomic mass is 10.1. The highest BCUT2D eigenvalue weighted by molar-refractivity contribution is 5.82. The number of para-hydroxylation sites is 1. The molecule has 3 rings (SSSR count). The van der Waals surface area contributed by atoms with Crippen LogP contribution in [0.4, 0.5) is 0 Å². The zero-order valence-electron chi connectivity index (χ0n) is 12.0. The second kappa shape index (κ2) is 5.95. The third-order valence-corrected chi connectivity index (χ3v) is 4.19. The number of benzene rings is 1. The number of hydrogen-bond donors (Lipinski definition) is 1. The Hall–Kier alpha value is -1.36. The second-order valence-corrected chi connectivity index (χ2v) is 5.46. The summed E-state index contributed by atoms with van der Waals surface area (Å²) in [6, 6.07) is 8.69. The molecule has 0 saturated carbocycles. The van der Waals surface area contributed by atoms with Gasteiger partial charge in [0, 0.05) is 36.8 Å². The van der Waals surface area contributed by atoms with Gasteiger partial charge in [0.1, 0.15) is 11.3 Å². The summed E-state index contributed by atoms with van der Waals surface area (Å²) in [6.07, 6.45) is 2.18. The summed E-state index contributed by atoms with van der Waals surface area (Å²) in [5.74, 6) is 1.00. The summed E-state index contributed by atoms with van der Waals surface area (Å²) >= 11 is 0. The fourth-order valence-corrected chi connectivity index (χ4v) is 2.98. The Morgan fingerprint density at radius 3 is 2.75 bits per heavy atom. The normalized spacial score (nSPS) is 17.1. The quantitative estimate of drug-likeness (QED) is 0.930. The minimum absolute atomic E-state index is 0.522. The lowest BCUT2D eigenvalue weighted by molar-refractivity contribution is 0.0388. The molecule has 0 aliphatic carbocycles. The van der Waals surface area contributed by atoms with Crippen LogP contribution in [-0.4, -0.2) is 31.2 Å². The Kier molecular flexibility index (Phi) is 4.05. The zero-order valence-corrected chi connectivity index (χ0v) is 12.0. The Morgan fingerprint density at radius 1 is 1.25 bits per heavy atom. The molecule has 1 saturated heterocycles. The van der Waals surface area contributed by atoms with Crippen molar-refractivity contribution in [3.8, 4) is 0 Å². The average Bonchev–Trinajstić information content (AvgIpc) is 2.85. The van der Waals surface area contributed by atoms with E-state index in [-0.39, 0.29) is 0 Å². The van der Waals surface area contributed by atoms with Crippen LogP contribution < -0.4 is 5.73 Å². The van der Waals surface area contributed by atoms with Crippen LogP contribution in [0.5, 0.6) is 0 Å². The maximum Gasteiger partial charge on any atom is 0.134 e. The van der Waals surface area contributed by atoms with Gasteiger partial charge in [0.15, 0.2) is 0 Å². The molecule has 0 amide bonds. The van der Waals surface area contributed by atoms with Crippen LogP contribution in [0, 0.1) is 0 Å². The zero-order chi connectivity index (χ0) is 13.9.